The summed E-state index contributed by atoms with van der Waals surface area (Å²) >= 11 is 0. The van der Waals surface area contributed by atoms with E-state index in [0.29, 0.717) is 5.54 Å². The maximum Gasteiger partial charge on any atom is 0.0292 e. The predicted octanol–water partition coefficient (Wildman–Crippen LogP) is 1.86. The van der Waals surface area contributed by atoms with E-state index in [2.05, 4.69) is 31.0 Å². The summed E-state index contributed by atoms with van der Waals surface area (Å²) in [5.41, 5.74) is 0.394. The van der Waals surface area contributed by atoms with Gasteiger partial charge in [-0.1, -0.05) is 20.3 Å². The van der Waals surface area contributed by atoms with Gasteiger partial charge in [0.2, 0.25) is 0 Å². The number of nitrogens with one attached hydrogen (secondary N) is 1. The molecule has 0 aromatic rings. The minimum absolute atomic E-state index is 0.394. The fourth-order valence-electron chi connectivity index (χ4n) is 2.04. The van der Waals surface area contributed by atoms with Crippen LogP contribution in [0.25, 0.3) is 0 Å². The second-order valence-electron chi connectivity index (χ2n) is 4.46. The summed E-state index contributed by atoms with van der Waals surface area (Å²) in [6.07, 6.45) is 3.91. The van der Waals surface area contributed by atoms with Crippen molar-refractivity contribution in [2.24, 2.45) is 0 Å². The molecule has 78 valence electrons. The van der Waals surface area contributed by atoms with Gasteiger partial charge in [-0.05, 0) is 39.4 Å². The molecule has 1 N–H and O–H groups in total. The molecule has 1 aliphatic heterocycles. The van der Waals surface area contributed by atoms with E-state index >= 15 is 0 Å². The van der Waals surface area contributed by atoms with Crippen LogP contribution in [0.5, 0.6) is 0 Å². The Morgan fingerprint density at radius 1 is 1.38 bits per heavy atom. The molecule has 1 fully saturated rings. The molecule has 13 heavy (non-hydrogen) atoms. The quantitative estimate of drug-likeness (QED) is 0.656. The van der Waals surface area contributed by atoms with Crippen molar-refractivity contribution >= 4 is 0 Å². The molecule has 0 saturated carbocycles. The molecule has 0 aromatic carbocycles. The maximum atomic E-state index is 3.68. The van der Waals surface area contributed by atoms with Crippen LogP contribution in [-0.2, 0) is 0 Å². The van der Waals surface area contributed by atoms with Gasteiger partial charge in [0, 0.05) is 12.1 Å². The first kappa shape index (κ1) is 11.0. The molecular weight excluding hydrogens is 160 g/mol. The summed E-state index contributed by atoms with van der Waals surface area (Å²) in [6.45, 7) is 11.7. The zero-order valence-electron chi connectivity index (χ0n) is 9.40. The number of unbranched alkanes of at least 4 members (excludes halogenated alkanes) is 1. The summed E-state index contributed by atoms with van der Waals surface area (Å²) in [6, 6.07) is 0. The van der Waals surface area contributed by atoms with Gasteiger partial charge in [0.1, 0.15) is 0 Å². The fraction of sp³-hybridized carbons (Fsp3) is 1.00. The highest BCUT2D eigenvalue weighted by Gasteiger charge is 2.31. The average Bonchev–Trinajstić information content (AvgIpc) is 2.49. The summed E-state index contributed by atoms with van der Waals surface area (Å²) in [5.74, 6) is 0. The molecule has 0 radical (unpaired) electrons. The van der Waals surface area contributed by atoms with Crippen molar-refractivity contribution in [3.63, 3.8) is 0 Å². The van der Waals surface area contributed by atoms with Gasteiger partial charge in [0.25, 0.3) is 0 Å². The highest BCUT2D eigenvalue weighted by atomic mass is 15.2. The lowest BCUT2D eigenvalue weighted by atomic mass is 10.0. The number of likely N-dealkylation sites (N-methyl/N-ethyl adjacent to an activating group) is 1. The Kier molecular flexibility index (Phi) is 4.20. The van der Waals surface area contributed by atoms with Crippen LogP contribution in [0.1, 0.15) is 40.0 Å². The molecule has 2 heteroatoms. The highest BCUT2D eigenvalue weighted by Crippen LogP contribution is 2.20. The van der Waals surface area contributed by atoms with Crippen LogP contribution < -0.4 is 5.32 Å². The van der Waals surface area contributed by atoms with Crippen LogP contribution >= 0.6 is 0 Å². The van der Waals surface area contributed by atoms with Gasteiger partial charge in [-0.3, -0.25) is 0 Å². The number of hydrogen-bond donors (Lipinski definition) is 1. The molecule has 0 amide bonds. The predicted molar refractivity (Wildman–Crippen MR) is 58.0 cm³/mol. The van der Waals surface area contributed by atoms with E-state index in [0.717, 1.165) is 0 Å². The number of hydrogen-bond acceptors (Lipinski definition) is 2. The van der Waals surface area contributed by atoms with E-state index in [1.54, 1.807) is 0 Å². The number of rotatable bonds is 5. The Labute approximate surface area is 82.7 Å². The van der Waals surface area contributed by atoms with Crippen LogP contribution in [0.15, 0.2) is 0 Å². The normalized spacial score (nSPS) is 29.8. The molecule has 1 atom stereocenters. The Balaban J connectivity index is 2.23. The van der Waals surface area contributed by atoms with Crippen LogP contribution in [0.2, 0.25) is 0 Å². The average molecular weight is 184 g/mol. The van der Waals surface area contributed by atoms with Gasteiger partial charge in [0.05, 0.1) is 0 Å². The van der Waals surface area contributed by atoms with Crippen molar-refractivity contribution < 1.29 is 0 Å². The first-order valence-electron chi connectivity index (χ1n) is 5.67. The second kappa shape index (κ2) is 4.97. The van der Waals surface area contributed by atoms with Crippen LogP contribution in [0.3, 0.4) is 0 Å². The first-order valence-corrected chi connectivity index (χ1v) is 5.67. The Bertz CT molecular complexity index is 147. The monoisotopic (exact) mass is 184 g/mol. The lowest BCUT2D eigenvalue weighted by Crippen LogP contribution is -2.45. The molecule has 1 saturated heterocycles. The molecule has 0 bridgehead atoms. The smallest absolute Gasteiger partial charge is 0.0292 e. The standard InChI is InChI=1S/C11H24N2/c1-4-6-8-12-11(3)7-9-13(5-2)10-11/h12H,4-10H2,1-3H3. The molecule has 1 unspecified atom stereocenters. The van der Waals surface area contributed by atoms with Crippen molar-refractivity contribution in [2.45, 2.75) is 45.6 Å². The van der Waals surface area contributed by atoms with E-state index in [9.17, 15) is 0 Å². The van der Waals surface area contributed by atoms with E-state index in [-0.39, 0.29) is 0 Å². The van der Waals surface area contributed by atoms with Crippen LogP contribution in [0, 0.1) is 0 Å². The summed E-state index contributed by atoms with van der Waals surface area (Å²) in [5, 5.41) is 3.68. The second-order valence-corrected chi connectivity index (χ2v) is 4.46. The lowest BCUT2D eigenvalue weighted by molar-refractivity contribution is 0.303. The molecule has 1 heterocycles. The van der Waals surface area contributed by atoms with E-state index in [4.69, 9.17) is 0 Å². The third-order valence-corrected chi connectivity index (χ3v) is 3.08. The van der Waals surface area contributed by atoms with Crippen molar-refractivity contribution in [2.75, 3.05) is 26.2 Å². The highest BCUT2D eigenvalue weighted by molar-refractivity contribution is 4.92. The third-order valence-electron chi connectivity index (χ3n) is 3.08. The molecular formula is C11H24N2. The Hall–Kier alpha value is -0.0800. The largest absolute Gasteiger partial charge is 0.310 e. The summed E-state index contributed by atoms with van der Waals surface area (Å²) < 4.78 is 0. The third kappa shape index (κ3) is 3.28. The van der Waals surface area contributed by atoms with Gasteiger partial charge in [-0.15, -0.1) is 0 Å². The molecule has 0 aliphatic carbocycles. The Morgan fingerprint density at radius 2 is 2.15 bits per heavy atom. The minimum Gasteiger partial charge on any atom is -0.310 e. The van der Waals surface area contributed by atoms with Crippen LogP contribution in [-0.4, -0.2) is 36.6 Å². The van der Waals surface area contributed by atoms with Crippen molar-refractivity contribution in [1.29, 1.82) is 0 Å². The summed E-state index contributed by atoms with van der Waals surface area (Å²) in [7, 11) is 0. The Morgan fingerprint density at radius 3 is 2.69 bits per heavy atom. The zero-order valence-corrected chi connectivity index (χ0v) is 9.40. The SMILES string of the molecule is CCCCNC1(C)CCN(CC)C1. The van der Waals surface area contributed by atoms with Crippen molar-refractivity contribution in [3.8, 4) is 0 Å². The maximum absolute atomic E-state index is 3.68. The van der Waals surface area contributed by atoms with Gasteiger partial charge in [-0.2, -0.15) is 0 Å². The van der Waals surface area contributed by atoms with E-state index in [1.165, 1.54) is 45.4 Å². The van der Waals surface area contributed by atoms with Crippen molar-refractivity contribution in [3.05, 3.63) is 0 Å². The van der Waals surface area contributed by atoms with Gasteiger partial charge in [0.15, 0.2) is 0 Å². The van der Waals surface area contributed by atoms with Crippen LogP contribution in [0.4, 0.5) is 0 Å². The zero-order chi connectivity index (χ0) is 9.73. The van der Waals surface area contributed by atoms with E-state index in [1.807, 2.05) is 0 Å². The minimum atomic E-state index is 0.394. The van der Waals surface area contributed by atoms with Gasteiger partial charge >= 0.3 is 0 Å². The number of likely N-dealkylation sites (tertiary alicyclic amines) is 1. The fourth-order valence-corrected chi connectivity index (χ4v) is 2.04. The first-order chi connectivity index (χ1) is 6.20. The lowest BCUT2D eigenvalue weighted by Gasteiger charge is -2.26. The van der Waals surface area contributed by atoms with E-state index < -0.39 is 0 Å². The topological polar surface area (TPSA) is 15.3 Å². The molecule has 1 aliphatic rings. The molecule has 2 nitrogen and oxygen atoms in total. The molecule has 0 aromatic heterocycles. The molecule has 0 spiro atoms. The number of nitrogens with zero attached hydrogens (tertiary/aromatic N) is 1. The van der Waals surface area contributed by atoms with Crippen molar-refractivity contribution in [1.82, 2.24) is 10.2 Å². The van der Waals surface area contributed by atoms with Gasteiger partial charge < -0.3 is 10.2 Å². The molecule has 1 rings (SSSR count). The van der Waals surface area contributed by atoms with Gasteiger partial charge in [-0.25, -0.2) is 0 Å². The summed E-state index contributed by atoms with van der Waals surface area (Å²) in [4.78, 5) is 2.53.